The van der Waals surface area contributed by atoms with Crippen LogP contribution in [0.5, 0.6) is 0 Å². The lowest BCUT2D eigenvalue weighted by Crippen LogP contribution is -1.96. The van der Waals surface area contributed by atoms with Gasteiger partial charge in [0.15, 0.2) is 17.3 Å². The van der Waals surface area contributed by atoms with Crippen LogP contribution in [-0.2, 0) is 0 Å². The molecule has 0 unspecified atom stereocenters. The van der Waals surface area contributed by atoms with Crippen LogP contribution in [0, 0.1) is 13.8 Å². The van der Waals surface area contributed by atoms with Crippen molar-refractivity contribution in [3.8, 4) is 22.6 Å². The Balaban J connectivity index is 1.47. The Morgan fingerprint density at radius 1 is 0.966 bits per heavy atom. The molecule has 2 aromatic carbocycles. The van der Waals surface area contributed by atoms with Crippen molar-refractivity contribution < 1.29 is 4.42 Å². The van der Waals surface area contributed by atoms with Crippen LogP contribution in [-0.4, -0.2) is 19.4 Å². The fourth-order valence-electron chi connectivity index (χ4n) is 3.36. The van der Waals surface area contributed by atoms with Crippen molar-refractivity contribution in [1.82, 2.24) is 19.4 Å². The van der Waals surface area contributed by atoms with Gasteiger partial charge in [-0.25, -0.2) is 15.0 Å². The predicted octanol–water partition coefficient (Wildman–Crippen LogP) is 5.41. The van der Waals surface area contributed by atoms with E-state index in [2.05, 4.69) is 34.3 Å². The van der Waals surface area contributed by atoms with Crippen molar-refractivity contribution >= 4 is 17.0 Å². The first kappa shape index (κ1) is 17.2. The van der Waals surface area contributed by atoms with E-state index in [1.807, 2.05) is 53.9 Å². The first-order chi connectivity index (χ1) is 14.2. The molecule has 0 aliphatic heterocycles. The summed E-state index contributed by atoms with van der Waals surface area (Å²) in [5, 5.41) is 3.42. The number of nitrogens with one attached hydrogen (secondary N) is 1. The molecule has 0 saturated heterocycles. The number of imidazole rings is 1. The minimum absolute atomic E-state index is 0.656. The van der Waals surface area contributed by atoms with Gasteiger partial charge in [-0.3, -0.25) is 4.40 Å². The van der Waals surface area contributed by atoms with E-state index in [1.165, 1.54) is 5.56 Å². The number of hydrogen-bond acceptors (Lipinski definition) is 5. The number of rotatable bonds is 4. The van der Waals surface area contributed by atoms with Crippen molar-refractivity contribution in [3.63, 3.8) is 0 Å². The highest BCUT2D eigenvalue weighted by molar-refractivity contribution is 5.77. The van der Waals surface area contributed by atoms with Crippen LogP contribution in [0.2, 0.25) is 0 Å². The smallest absolute Gasteiger partial charge is 0.191 e. The van der Waals surface area contributed by atoms with Gasteiger partial charge in [0.2, 0.25) is 0 Å². The van der Waals surface area contributed by atoms with Crippen LogP contribution < -0.4 is 5.32 Å². The van der Waals surface area contributed by atoms with E-state index in [0.29, 0.717) is 5.89 Å². The topological polar surface area (TPSA) is 68.2 Å². The van der Waals surface area contributed by atoms with Gasteiger partial charge < -0.3 is 9.73 Å². The molecule has 6 heteroatoms. The normalized spacial score (nSPS) is 11.1. The number of fused-ring (bicyclic) bond motifs is 1. The molecule has 0 aliphatic rings. The van der Waals surface area contributed by atoms with E-state index in [-0.39, 0.29) is 0 Å². The zero-order valence-electron chi connectivity index (χ0n) is 16.1. The lowest BCUT2D eigenvalue weighted by Gasteiger charge is -2.07. The zero-order chi connectivity index (χ0) is 19.8. The highest BCUT2D eigenvalue weighted by atomic mass is 16.4. The summed E-state index contributed by atoms with van der Waals surface area (Å²) in [5.41, 5.74) is 6.83. The van der Waals surface area contributed by atoms with E-state index in [4.69, 9.17) is 9.40 Å². The maximum absolute atomic E-state index is 5.58. The van der Waals surface area contributed by atoms with Crippen molar-refractivity contribution in [2.75, 3.05) is 5.32 Å². The monoisotopic (exact) mass is 381 g/mol. The quantitative estimate of drug-likeness (QED) is 0.451. The van der Waals surface area contributed by atoms with Crippen LogP contribution in [0.15, 0.2) is 77.9 Å². The van der Waals surface area contributed by atoms with Crippen LogP contribution in [0.3, 0.4) is 0 Å². The number of nitrogens with zero attached hydrogens (tertiary/aromatic N) is 4. The van der Waals surface area contributed by atoms with Crippen LogP contribution >= 0.6 is 0 Å². The van der Waals surface area contributed by atoms with Crippen molar-refractivity contribution in [2.24, 2.45) is 0 Å². The van der Waals surface area contributed by atoms with Gasteiger partial charge in [-0.2, -0.15) is 0 Å². The second-order valence-corrected chi connectivity index (χ2v) is 6.93. The Bertz CT molecular complexity index is 1300. The van der Waals surface area contributed by atoms with Crippen LogP contribution in [0.4, 0.5) is 11.4 Å². The number of aryl methyl sites for hydroxylation is 2. The highest BCUT2D eigenvalue weighted by Crippen LogP contribution is 2.28. The first-order valence-electron chi connectivity index (χ1n) is 9.36. The molecule has 3 heterocycles. The SMILES string of the molecule is Cc1ncc(-c2ccc(Nc3cncn4cc(-c5ccccc5C)nc34)cc2)o1. The van der Waals surface area contributed by atoms with Gasteiger partial charge in [-0.05, 0) is 36.8 Å². The third-order valence-electron chi connectivity index (χ3n) is 4.86. The minimum Gasteiger partial charge on any atom is -0.441 e. The lowest BCUT2D eigenvalue weighted by molar-refractivity contribution is 0.534. The molecule has 1 N–H and O–H groups in total. The third kappa shape index (κ3) is 3.25. The van der Waals surface area contributed by atoms with Crippen molar-refractivity contribution in [3.05, 3.63) is 84.9 Å². The fourth-order valence-corrected chi connectivity index (χ4v) is 3.36. The third-order valence-corrected chi connectivity index (χ3v) is 4.86. The maximum Gasteiger partial charge on any atom is 0.191 e. The fraction of sp³-hybridized carbons (Fsp3) is 0.0870. The Labute approximate surface area is 167 Å². The van der Waals surface area contributed by atoms with E-state index in [0.717, 1.165) is 39.6 Å². The summed E-state index contributed by atoms with van der Waals surface area (Å²) >= 11 is 0. The summed E-state index contributed by atoms with van der Waals surface area (Å²) in [7, 11) is 0. The van der Waals surface area contributed by atoms with E-state index in [1.54, 1.807) is 18.7 Å². The molecule has 5 rings (SSSR count). The van der Waals surface area contributed by atoms with E-state index >= 15 is 0 Å². The minimum atomic E-state index is 0.656. The molecule has 6 nitrogen and oxygen atoms in total. The summed E-state index contributed by atoms with van der Waals surface area (Å²) in [4.78, 5) is 13.3. The largest absolute Gasteiger partial charge is 0.441 e. The van der Waals surface area contributed by atoms with Gasteiger partial charge in [0, 0.05) is 29.9 Å². The molecule has 29 heavy (non-hydrogen) atoms. The average Bonchev–Trinajstić information content (AvgIpc) is 3.36. The zero-order valence-corrected chi connectivity index (χ0v) is 16.1. The molecule has 0 spiro atoms. The molecule has 0 bridgehead atoms. The Kier molecular flexibility index (Phi) is 4.09. The first-order valence-corrected chi connectivity index (χ1v) is 9.36. The second-order valence-electron chi connectivity index (χ2n) is 6.93. The molecule has 0 fully saturated rings. The number of benzene rings is 2. The molecule has 0 amide bonds. The summed E-state index contributed by atoms with van der Waals surface area (Å²) in [6.45, 7) is 3.93. The van der Waals surface area contributed by atoms with Gasteiger partial charge in [0.25, 0.3) is 0 Å². The summed E-state index contributed by atoms with van der Waals surface area (Å²) < 4.78 is 7.53. The van der Waals surface area contributed by atoms with Gasteiger partial charge in [-0.15, -0.1) is 0 Å². The molecule has 3 aromatic heterocycles. The number of oxazole rings is 1. The number of anilines is 2. The van der Waals surface area contributed by atoms with Gasteiger partial charge in [0.1, 0.15) is 12.0 Å². The highest BCUT2D eigenvalue weighted by Gasteiger charge is 2.11. The molecular weight excluding hydrogens is 362 g/mol. The van der Waals surface area contributed by atoms with E-state index in [9.17, 15) is 0 Å². The molecule has 0 saturated carbocycles. The van der Waals surface area contributed by atoms with E-state index < -0.39 is 0 Å². The summed E-state index contributed by atoms with van der Waals surface area (Å²) in [6.07, 6.45) is 7.30. The molecule has 5 aromatic rings. The predicted molar refractivity (Wildman–Crippen MR) is 113 cm³/mol. The molecule has 0 radical (unpaired) electrons. The molecule has 142 valence electrons. The van der Waals surface area contributed by atoms with Crippen molar-refractivity contribution in [1.29, 1.82) is 0 Å². The van der Waals surface area contributed by atoms with Crippen LogP contribution in [0.1, 0.15) is 11.5 Å². The van der Waals surface area contributed by atoms with Crippen molar-refractivity contribution in [2.45, 2.75) is 13.8 Å². The van der Waals surface area contributed by atoms with Gasteiger partial charge in [-0.1, -0.05) is 24.3 Å². The summed E-state index contributed by atoms with van der Waals surface area (Å²) in [6, 6.07) is 16.2. The average molecular weight is 381 g/mol. The molecular formula is C23H19N5O. The second kappa shape index (κ2) is 6.91. The van der Waals surface area contributed by atoms with Gasteiger partial charge in [0.05, 0.1) is 18.1 Å². The molecule has 0 aliphatic carbocycles. The number of hydrogen-bond donors (Lipinski definition) is 1. The maximum atomic E-state index is 5.58. The standard InChI is InChI=1S/C23H19N5O/c1-15-5-3-4-6-19(15)21-13-28-14-24-11-20(23(28)27-21)26-18-9-7-17(8-10-18)22-12-25-16(2)29-22/h3-14,26H,1-2H3. The van der Waals surface area contributed by atoms with Crippen LogP contribution in [0.25, 0.3) is 28.2 Å². The van der Waals surface area contributed by atoms with Gasteiger partial charge >= 0.3 is 0 Å². The Hall–Kier alpha value is -3.93. The Morgan fingerprint density at radius 2 is 1.79 bits per heavy atom. The summed E-state index contributed by atoms with van der Waals surface area (Å²) in [5.74, 6) is 1.41. The Morgan fingerprint density at radius 3 is 2.55 bits per heavy atom. The molecule has 0 atom stereocenters. The number of aromatic nitrogens is 4. The lowest BCUT2D eigenvalue weighted by atomic mass is 10.1.